The third-order valence-electron chi connectivity index (χ3n) is 3.38. The quantitative estimate of drug-likeness (QED) is 0.717. The first kappa shape index (κ1) is 12.6. The number of hydrogen-bond acceptors (Lipinski definition) is 4. The zero-order valence-electron chi connectivity index (χ0n) is 11.7. The Balaban J connectivity index is 2.39. The van der Waals surface area contributed by atoms with Gasteiger partial charge in [0, 0.05) is 12.1 Å². The van der Waals surface area contributed by atoms with E-state index in [4.69, 9.17) is 4.52 Å². The average Bonchev–Trinajstić information content (AvgIpc) is 2.84. The fourth-order valence-corrected chi connectivity index (χ4v) is 2.26. The first-order valence-electron chi connectivity index (χ1n) is 6.56. The number of hydrogen-bond donors (Lipinski definition) is 0. The molecule has 20 heavy (non-hydrogen) atoms. The molecule has 0 saturated carbocycles. The Kier molecular flexibility index (Phi) is 2.89. The van der Waals surface area contributed by atoms with Crippen LogP contribution in [0.15, 0.2) is 33.6 Å². The molecule has 3 aromatic rings. The fourth-order valence-electron chi connectivity index (χ4n) is 2.26. The summed E-state index contributed by atoms with van der Waals surface area (Å²) in [6, 6.07) is 8.03. The zero-order chi connectivity index (χ0) is 14.3. The molecule has 0 N–H and O–H groups in total. The minimum Gasteiger partial charge on any atom is -0.360 e. The van der Waals surface area contributed by atoms with Gasteiger partial charge >= 0.3 is 0 Å². The molecule has 0 spiro atoms. The van der Waals surface area contributed by atoms with Crippen LogP contribution in [0, 0.1) is 13.8 Å². The maximum absolute atomic E-state index is 12.2. The SMILES string of the molecule is CCn1nc(-c2ccc(C)cc2)c2c(C)onc2c1=O. The highest BCUT2D eigenvalue weighted by molar-refractivity contribution is 5.92. The third-order valence-corrected chi connectivity index (χ3v) is 3.38. The van der Waals surface area contributed by atoms with Crippen LogP contribution in [0.25, 0.3) is 22.2 Å². The second kappa shape index (κ2) is 4.59. The van der Waals surface area contributed by atoms with Crippen molar-refractivity contribution in [3.8, 4) is 11.3 Å². The maximum atomic E-state index is 12.2. The van der Waals surface area contributed by atoms with Crippen LogP contribution in [0.1, 0.15) is 18.2 Å². The summed E-state index contributed by atoms with van der Waals surface area (Å²) < 4.78 is 6.59. The van der Waals surface area contributed by atoms with Gasteiger partial charge in [0.1, 0.15) is 11.5 Å². The number of benzene rings is 1. The van der Waals surface area contributed by atoms with Crippen LogP contribution in [0.2, 0.25) is 0 Å². The highest BCUT2D eigenvalue weighted by Gasteiger charge is 2.17. The van der Waals surface area contributed by atoms with E-state index < -0.39 is 0 Å². The molecule has 0 aliphatic rings. The molecule has 3 rings (SSSR count). The molecule has 0 unspecified atom stereocenters. The summed E-state index contributed by atoms with van der Waals surface area (Å²) >= 11 is 0. The average molecular weight is 269 g/mol. The highest BCUT2D eigenvalue weighted by Crippen LogP contribution is 2.27. The number of aryl methyl sites for hydroxylation is 3. The summed E-state index contributed by atoms with van der Waals surface area (Å²) in [6.45, 7) is 6.21. The molecule has 102 valence electrons. The predicted molar refractivity (Wildman–Crippen MR) is 76.6 cm³/mol. The van der Waals surface area contributed by atoms with Gasteiger partial charge in [0.05, 0.1) is 5.39 Å². The van der Waals surface area contributed by atoms with Crippen LogP contribution in [-0.4, -0.2) is 14.9 Å². The van der Waals surface area contributed by atoms with Crippen molar-refractivity contribution in [3.05, 3.63) is 45.9 Å². The van der Waals surface area contributed by atoms with E-state index in [9.17, 15) is 4.79 Å². The summed E-state index contributed by atoms with van der Waals surface area (Å²) in [6.07, 6.45) is 0. The van der Waals surface area contributed by atoms with Gasteiger partial charge < -0.3 is 4.52 Å². The molecular weight excluding hydrogens is 254 g/mol. The van der Waals surface area contributed by atoms with E-state index >= 15 is 0 Å². The van der Waals surface area contributed by atoms with Gasteiger partial charge in [0.15, 0.2) is 5.52 Å². The van der Waals surface area contributed by atoms with Crippen molar-refractivity contribution in [1.82, 2.24) is 14.9 Å². The van der Waals surface area contributed by atoms with E-state index in [0.29, 0.717) is 23.2 Å². The number of aromatic nitrogens is 3. The molecule has 2 heterocycles. The van der Waals surface area contributed by atoms with Gasteiger partial charge in [-0.15, -0.1) is 0 Å². The van der Waals surface area contributed by atoms with Crippen molar-refractivity contribution in [3.63, 3.8) is 0 Å². The van der Waals surface area contributed by atoms with E-state index in [1.165, 1.54) is 10.2 Å². The second-order valence-corrected chi connectivity index (χ2v) is 4.80. The van der Waals surface area contributed by atoms with Crippen LogP contribution in [-0.2, 0) is 6.54 Å². The Labute approximate surface area is 115 Å². The molecule has 0 radical (unpaired) electrons. The molecule has 5 nitrogen and oxygen atoms in total. The topological polar surface area (TPSA) is 60.9 Å². The van der Waals surface area contributed by atoms with Gasteiger partial charge in [-0.3, -0.25) is 4.79 Å². The maximum Gasteiger partial charge on any atom is 0.296 e. The van der Waals surface area contributed by atoms with E-state index in [1.807, 2.05) is 38.1 Å². The Morgan fingerprint density at radius 3 is 2.55 bits per heavy atom. The van der Waals surface area contributed by atoms with Gasteiger partial charge in [-0.05, 0) is 20.8 Å². The lowest BCUT2D eigenvalue weighted by Crippen LogP contribution is -2.23. The molecule has 0 aliphatic carbocycles. The molecule has 0 atom stereocenters. The Morgan fingerprint density at radius 2 is 1.90 bits per heavy atom. The van der Waals surface area contributed by atoms with Crippen molar-refractivity contribution in [2.45, 2.75) is 27.3 Å². The zero-order valence-corrected chi connectivity index (χ0v) is 11.7. The van der Waals surface area contributed by atoms with Crippen molar-refractivity contribution in [1.29, 1.82) is 0 Å². The van der Waals surface area contributed by atoms with Gasteiger partial charge in [0.25, 0.3) is 5.56 Å². The molecule has 0 saturated heterocycles. The Hall–Kier alpha value is -2.43. The van der Waals surface area contributed by atoms with Crippen LogP contribution in [0.5, 0.6) is 0 Å². The number of fused-ring (bicyclic) bond motifs is 1. The monoisotopic (exact) mass is 269 g/mol. The summed E-state index contributed by atoms with van der Waals surface area (Å²) in [4.78, 5) is 12.2. The number of rotatable bonds is 2. The molecule has 1 aromatic carbocycles. The van der Waals surface area contributed by atoms with Gasteiger partial charge in [-0.1, -0.05) is 35.0 Å². The van der Waals surface area contributed by atoms with E-state index in [2.05, 4.69) is 10.3 Å². The summed E-state index contributed by atoms with van der Waals surface area (Å²) in [5.74, 6) is 0.614. The lowest BCUT2D eigenvalue weighted by molar-refractivity contribution is 0.405. The smallest absolute Gasteiger partial charge is 0.296 e. The van der Waals surface area contributed by atoms with Crippen molar-refractivity contribution in [2.24, 2.45) is 0 Å². The van der Waals surface area contributed by atoms with Crippen LogP contribution < -0.4 is 5.56 Å². The molecule has 0 amide bonds. The normalized spacial score (nSPS) is 11.2. The minimum absolute atomic E-state index is 0.213. The largest absolute Gasteiger partial charge is 0.360 e. The highest BCUT2D eigenvalue weighted by atomic mass is 16.5. The van der Waals surface area contributed by atoms with E-state index in [-0.39, 0.29) is 5.56 Å². The first-order valence-corrected chi connectivity index (χ1v) is 6.56. The van der Waals surface area contributed by atoms with E-state index in [0.717, 1.165) is 11.3 Å². The number of nitrogens with zero attached hydrogens (tertiary/aromatic N) is 3. The van der Waals surface area contributed by atoms with Crippen molar-refractivity contribution >= 4 is 10.9 Å². The molecule has 2 aromatic heterocycles. The van der Waals surface area contributed by atoms with Gasteiger partial charge in [-0.2, -0.15) is 5.10 Å². The van der Waals surface area contributed by atoms with Crippen LogP contribution >= 0.6 is 0 Å². The Morgan fingerprint density at radius 1 is 1.20 bits per heavy atom. The summed E-state index contributed by atoms with van der Waals surface area (Å²) in [5, 5.41) is 9.04. The minimum atomic E-state index is -0.213. The van der Waals surface area contributed by atoms with Gasteiger partial charge in [-0.25, -0.2) is 4.68 Å². The predicted octanol–water partition coefficient (Wildman–Crippen LogP) is 2.69. The van der Waals surface area contributed by atoms with Crippen LogP contribution in [0.4, 0.5) is 0 Å². The summed E-state index contributed by atoms with van der Waals surface area (Å²) in [7, 11) is 0. The van der Waals surface area contributed by atoms with Crippen molar-refractivity contribution < 1.29 is 4.52 Å². The Bertz CT molecular complexity index is 829. The summed E-state index contributed by atoms with van der Waals surface area (Å²) in [5.41, 5.74) is 3.00. The van der Waals surface area contributed by atoms with E-state index in [1.54, 1.807) is 6.92 Å². The molecule has 0 aliphatic heterocycles. The van der Waals surface area contributed by atoms with Crippen molar-refractivity contribution in [2.75, 3.05) is 0 Å². The third kappa shape index (κ3) is 1.82. The standard InChI is InChI=1S/C15H15N3O2/c1-4-18-15(19)14-12(10(3)20-17-14)13(16-18)11-7-5-9(2)6-8-11/h5-8H,4H2,1-3H3. The lowest BCUT2D eigenvalue weighted by Gasteiger charge is -2.07. The van der Waals surface area contributed by atoms with Gasteiger partial charge in [0.2, 0.25) is 0 Å². The molecule has 0 fully saturated rings. The fraction of sp³-hybridized carbons (Fsp3) is 0.267. The molecule has 0 bridgehead atoms. The molecule has 5 heteroatoms. The lowest BCUT2D eigenvalue weighted by atomic mass is 10.1. The first-order chi connectivity index (χ1) is 9.61. The molecular formula is C15H15N3O2. The van der Waals surface area contributed by atoms with Crippen LogP contribution in [0.3, 0.4) is 0 Å². The second-order valence-electron chi connectivity index (χ2n) is 4.80.